The number of aromatic hydroxyl groups is 1. The summed E-state index contributed by atoms with van der Waals surface area (Å²) in [7, 11) is 0. The maximum absolute atomic E-state index is 10.1. The molecule has 1 N–H and O–H groups in total. The van der Waals surface area contributed by atoms with Gasteiger partial charge in [0.1, 0.15) is 12.4 Å². The molecule has 0 aliphatic heterocycles. The van der Waals surface area contributed by atoms with Gasteiger partial charge in [0, 0.05) is 5.39 Å². The molecule has 0 saturated carbocycles. The summed E-state index contributed by atoms with van der Waals surface area (Å²) in [5, 5.41) is 11.3. The molecule has 0 saturated heterocycles. The van der Waals surface area contributed by atoms with Crippen LogP contribution >= 0.6 is 0 Å². The molecule has 0 bridgehead atoms. The maximum atomic E-state index is 10.1. The zero-order chi connectivity index (χ0) is 10.7. The van der Waals surface area contributed by atoms with Crippen molar-refractivity contribution in [3.05, 3.63) is 42.0 Å². The van der Waals surface area contributed by atoms with Crippen LogP contribution in [-0.2, 0) is 16.1 Å². The molecule has 3 nitrogen and oxygen atoms in total. The zero-order valence-corrected chi connectivity index (χ0v) is 8.01. The largest absolute Gasteiger partial charge is 0.507 e. The van der Waals surface area contributed by atoms with Crippen LogP contribution in [0.3, 0.4) is 0 Å². The third-order valence-corrected chi connectivity index (χ3v) is 2.30. The fourth-order valence-electron chi connectivity index (χ4n) is 1.60. The second-order valence-corrected chi connectivity index (χ2v) is 3.20. The molecular formula is C12H10O3. The first-order valence-electron chi connectivity index (χ1n) is 4.58. The molecule has 0 spiro atoms. The van der Waals surface area contributed by atoms with Crippen molar-refractivity contribution in [1.29, 1.82) is 0 Å². The van der Waals surface area contributed by atoms with Gasteiger partial charge in [-0.2, -0.15) is 0 Å². The van der Waals surface area contributed by atoms with Crippen molar-refractivity contribution in [3.63, 3.8) is 0 Å². The minimum absolute atomic E-state index is 0.226. The summed E-state index contributed by atoms with van der Waals surface area (Å²) in [6.45, 7) is 0.645. The highest BCUT2D eigenvalue weighted by molar-refractivity contribution is 5.90. The number of phenolic OH excluding ortho intramolecular Hbond substituents is 1. The number of rotatable bonds is 3. The number of fused-ring (bicyclic) bond motifs is 1. The van der Waals surface area contributed by atoms with E-state index in [9.17, 15) is 9.90 Å². The quantitative estimate of drug-likeness (QED) is 0.776. The lowest BCUT2D eigenvalue weighted by Crippen LogP contribution is -1.91. The van der Waals surface area contributed by atoms with Crippen LogP contribution in [-0.4, -0.2) is 11.6 Å². The average molecular weight is 202 g/mol. The van der Waals surface area contributed by atoms with Gasteiger partial charge in [-0.25, -0.2) is 0 Å². The minimum Gasteiger partial charge on any atom is -0.507 e. The van der Waals surface area contributed by atoms with Crippen LogP contribution in [0.25, 0.3) is 10.8 Å². The molecule has 0 radical (unpaired) electrons. The Kier molecular flexibility index (Phi) is 2.54. The van der Waals surface area contributed by atoms with E-state index < -0.39 is 0 Å². The number of phenols is 1. The van der Waals surface area contributed by atoms with Crippen LogP contribution < -0.4 is 0 Å². The molecule has 0 aromatic heterocycles. The Morgan fingerprint density at radius 1 is 1.13 bits per heavy atom. The smallest absolute Gasteiger partial charge is 0.293 e. The van der Waals surface area contributed by atoms with Gasteiger partial charge < -0.3 is 9.84 Å². The Labute approximate surface area is 86.9 Å². The molecular weight excluding hydrogens is 192 g/mol. The van der Waals surface area contributed by atoms with Crippen molar-refractivity contribution >= 4 is 17.2 Å². The van der Waals surface area contributed by atoms with E-state index in [1.807, 2.05) is 24.3 Å². The van der Waals surface area contributed by atoms with E-state index in [0.717, 1.165) is 16.3 Å². The summed E-state index contributed by atoms with van der Waals surface area (Å²) < 4.78 is 4.71. The van der Waals surface area contributed by atoms with E-state index in [0.29, 0.717) is 6.47 Å². The number of carbonyl (C=O) groups excluding carboxylic acids is 1. The topological polar surface area (TPSA) is 46.5 Å². The molecule has 0 aliphatic rings. The predicted molar refractivity (Wildman–Crippen MR) is 56.5 cm³/mol. The number of hydrogen-bond donors (Lipinski definition) is 1. The number of carbonyl (C=O) groups is 1. The van der Waals surface area contributed by atoms with E-state index in [-0.39, 0.29) is 12.4 Å². The van der Waals surface area contributed by atoms with Gasteiger partial charge in [-0.1, -0.05) is 30.3 Å². The third kappa shape index (κ3) is 1.76. The van der Waals surface area contributed by atoms with Crippen LogP contribution in [0, 0.1) is 0 Å². The molecule has 2 aromatic carbocycles. The van der Waals surface area contributed by atoms with Crippen LogP contribution in [0.1, 0.15) is 5.56 Å². The van der Waals surface area contributed by atoms with Crippen LogP contribution in [0.4, 0.5) is 0 Å². The molecule has 0 amide bonds. The summed E-state index contributed by atoms with van der Waals surface area (Å²) in [6.07, 6.45) is 0. The Hall–Kier alpha value is -2.03. The Morgan fingerprint density at radius 3 is 2.60 bits per heavy atom. The van der Waals surface area contributed by atoms with Crippen LogP contribution in [0.5, 0.6) is 5.75 Å². The normalized spacial score (nSPS) is 10.1. The SMILES string of the molecule is O=COCc1ccc(O)c2ccccc12. The second kappa shape index (κ2) is 4.00. The van der Waals surface area contributed by atoms with Gasteiger partial charge in [0.15, 0.2) is 0 Å². The Bertz CT molecular complexity index is 491. The molecule has 76 valence electrons. The van der Waals surface area contributed by atoms with E-state index in [1.165, 1.54) is 0 Å². The van der Waals surface area contributed by atoms with Gasteiger partial charge in [0.05, 0.1) is 0 Å². The molecule has 2 aromatic rings. The van der Waals surface area contributed by atoms with Crippen LogP contribution in [0.2, 0.25) is 0 Å². The molecule has 0 heterocycles. The van der Waals surface area contributed by atoms with Gasteiger partial charge in [-0.05, 0) is 17.0 Å². The van der Waals surface area contributed by atoms with Crippen LogP contribution in [0.15, 0.2) is 36.4 Å². The minimum atomic E-state index is 0.226. The first-order valence-corrected chi connectivity index (χ1v) is 4.58. The van der Waals surface area contributed by atoms with Gasteiger partial charge in [0.2, 0.25) is 0 Å². The predicted octanol–water partition coefficient (Wildman–Crippen LogP) is 2.22. The summed E-state index contributed by atoms with van der Waals surface area (Å²) in [5.41, 5.74) is 0.885. The molecule has 0 unspecified atom stereocenters. The van der Waals surface area contributed by atoms with Crippen molar-refractivity contribution in [2.75, 3.05) is 0 Å². The monoisotopic (exact) mass is 202 g/mol. The summed E-state index contributed by atoms with van der Waals surface area (Å²) >= 11 is 0. The molecule has 0 aliphatic carbocycles. The lowest BCUT2D eigenvalue weighted by atomic mass is 10.0. The van der Waals surface area contributed by atoms with Crippen molar-refractivity contribution < 1.29 is 14.6 Å². The van der Waals surface area contributed by atoms with Crippen molar-refractivity contribution in [1.82, 2.24) is 0 Å². The lowest BCUT2D eigenvalue weighted by Gasteiger charge is -2.06. The van der Waals surface area contributed by atoms with E-state index >= 15 is 0 Å². The molecule has 0 atom stereocenters. The standard InChI is InChI=1S/C12H10O3/c13-8-15-7-9-5-6-12(14)11-4-2-1-3-10(9)11/h1-6,8,14H,7H2. The Morgan fingerprint density at radius 2 is 1.87 bits per heavy atom. The fraction of sp³-hybridized carbons (Fsp3) is 0.0833. The summed E-state index contributed by atoms with van der Waals surface area (Å²) in [6, 6.07) is 10.8. The maximum Gasteiger partial charge on any atom is 0.293 e. The van der Waals surface area contributed by atoms with Gasteiger partial charge >= 0.3 is 0 Å². The van der Waals surface area contributed by atoms with E-state index in [1.54, 1.807) is 12.1 Å². The third-order valence-electron chi connectivity index (χ3n) is 2.30. The van der Waals surface area contributed by atoms with Crippen molar-refractivity contribution in [2.24, 2.45) is 0 Å². The zero-order valence-electron chi connectivity index (χ0n) is 8.01. The fourth-order valence-corrected chi connectivity index (χ4v) is 1.60. The summed E-state index contributed by atoms with van der Waals surface area (Å²) in [5.74, 6) is 0.237. The first kappa shape index (κ1) is 9.52. The first-order chi connectivity index (χ1) is 7.33. The average Bonchev–Trinajstić information content (AvgIpc) is 2.29. The molecule has 15 heavy (non-hydrogen) atoms. The van der Waals surface area contributed by atoms with Gasteiger partial charge in [-0.15, -0.1) is 0 Å². The van der Waals surface area contributed by atoms with E-state index in [2.05, 4.69) is 0 Å². The summed E-state index contributed by atoms with van der Waals surface area (Å²) in [4.78, 5) is 10.1. The highest BCUT2D eigenvalue weighted by Crippen LogP contribution is 2.27. The van der Waals surface area contributed by atoms with Gasteiger partial charge in [0.25, 0.3) is 6.47 Å². The van der Waals surface area contributed by atoms with E-state index in [4.69, 9.17) is 4.74 Å². The molecule has 2 rings (SSSR count). The van der Waals surface area contributed by atoms with Crippen molar-refractivity contribution in [2.45, 2.75) is 6.61 Å². The highest BCUT2D eigenvalue weighted by atomic mass is 16.5. The molecule has 0 fully saturated rings. The number of benzene rings is 2. The Balaban J connectivity index is 2.56. The highest BCUT2D eigenvalue weighted by Gasteiger charge is 2.04. The second-order valence-electron chi connectivity index (χ2n) is 3.20. The van der Waals surface area contributed by atoms with Crippen molar-refractivity contribution in [3.8, 4) is 5.75 Å². The molecule has 3 heteroatoms. The number of hydrogen-bond acceptors (Lipinski definition) is 3. The number of ether oxygens (including phenoxy) is 1. The van der Waals surface area contributed by atoms with Gasteiger partial charge in [-0.3, -0.25) is 4.79 Å². The lowest BCUT2D eigenvalue weighted by molar-refractivity contribution is -0.129.